The van der Waals surface area contributed by atoms with E-state index in [1.54, 1.807) is 14.0 Å². The molecular weight excluding hydrogens is 344 g/mol. The highest BCUT2D eigenvalue weighted by atomic mass is 32.2. The predicted octanol–water partition coefficient (Wildman–Crippen LogP) is 0.879. The van der Waals surface area contributed by atoms with Crippen LogP contribution < -0.4 is 11.2 Å². The molecule has 0 bridgehead atoms. The molecule has 0 aliphatic carbocycles. The Balaban J connectivity index is 2.78. The number of aryl methyl sites for hydroxylation is 1. The number of hydrogen-bond donors (Lipinski definition) is 0. The molecule has 9 heteroatoms. The Morgan fingerprint density at radius 1 is 1.16 bits per heavy atom. The lowest BCUT2D eigenvalue weighted by molar-refractivity contribution is -0.139. The maximum Gasteiger partial charge on any atom is 0.332 e. The van der Waals surface area contributed by atoms with Crippen molar-refractivity contribution in [3.8, 4) is 0 Å². The van der Waals surface area contributed by atoms with E-state index in [2.05, 4.69) is 9.97 Å². The minimum Gasteiger partial charge on any atom is -0.468 e. The number of carbonyl (C=O) groups is 1. The molecule has 136 valence electrons. The lowest BCUT2D eigenvalue weighted by Crippen LogP contribution is -2.38. The van der Waals surface area contributed by atoms with E-state index in [0.717, 1.165) is 16.3 Å². The third kappa shape index (κ3) is 3.76. The summed E-state index contributed by atoms with van der Waals surface area (Å²) in [7, 11) is 4.28. The predicted molar refractivity (Wildman–Crippen MR) is 95.9 cm³/mol. The van der Waals surface area contributed by atoms with E-state index in [-0.39, 0.29) is 11.0 Å². The molecule has 0 aliphatic heterocycles. The van der Waals surface area contributed by atoms with Crippen molar-refractivity contribution in [2.75, 3.05) is 7.11 Å². The highest BCUT2D eigenvalue weighted by Gasteiger charge is 2.22. The molecule has 2 rings (SSSR count). The van der Waals surface area contributed by atoms with Crippen LogP contribution in [0.4, 0.5) is 0 Å². The Kier molecular flexibility index (Phi) is 5.66. The maximum absolute atomic E-state index is 12.6. The van der Waals surface area contributed by atoms with Gasteiger partial charge in [-0.15, -0.1) is 0 Å². The van der Waals surface area contributed by atoms with E-state index in [9.17, 15) is 14.4 Å². The van der Waals surface area contributed by atoms with Crippen molar-refractivity contribution >= 4 is 28.8 Å². The molecule has 0 amide bonds. The molecule has 0 aromatic carbocycles. The third-order valence-electron chi connectivity index (χ3n) is 3.73. The lowest BCUT2D eigenvalue weighted by Gasteiger charge is -2.14. The first-order chi connectivity index (χ1) is 11.7. The molecular formula is C16H22N4O4S. The number of hydrogen-bond acceptors (Lipinski definition) is 7. The van der Waals surface area contributed by atoms with E-state index in [0.29, 0.717) is 23.2 Å². The van der Waals surface area contributed by atoms with Gasteiger partial charge in [0.05, 0.1) is 7.11 Å². The summed E-state index contributed by atoms with van der Waals surface area (Å²) in [6.07, 6.45) is 0.597. The number of aromatic nitrogens is 4. The number of esters is 1. The molecule has 1 atom stereocenters. The van der Waals surface area contributed by atoms with Crippen molar-refractivity contribution in [3.05, 3.63) is 26.7 Å². The Hall–Kier alpha value is -2.16. The molecule has 8 nitrogen and oxygen atoms in total. The largest absolute Gasteiger partial charge is 0.468 e. The van der Waals surface area contributed by atoms with Crippen LogP contribution in [0.5, 0.6) is 0 Å². The van der Waals surface area contributed by atoms with Gasteiger partial charge in [0.1, 0.15) is 21.5 Å². The molecule has 0 aliphatic rings. The maximum atomic E-state index is 12.6. The molecule has 0 fully saturated rings. The lowest BCUT2D eigenvalue weighted by atomic mass is 10.1. The topological polar surface area (TPSA) is 96.1 Å². The summed E-state index contributed by atoms with van der Waals surface area (Å²) in [6, 6.07) is 0. The van der Waals surface area contributed by atoms with Gasteiger partial charge in [-0.1, -0.05) is 25.6 Å². The smallest absolute Gasteiger partial charge is 0.332 e. The van der Waals surface area contributed by atoms with Crippen LogP contribution in [0.3, 0.4) is 0 Å². The van der Waals surface area contributed by atoms with Crippen LogP contribution in [0.2, 0.25) is 0 Å². The highest BCUT2D eigenvalue weighted by molar-refractivity contribution is 8.00. The fourth-order valence-corrected chi connectivity index (χ4v) is 3.38. The number of nitrogens with zero attached hydrogens (tertiary/aromatic N) is 4. The monoisotopic (exact) mass is 366 g/mol. The van der Waals surface area contributed by atoms with Gasteiger partial charge in [0.2, 0.25) is 0 Å². The highest BCUT2D eigenvalue weighted by Crippen LogP contribution is 2.27. The van der Waals surface area contributed by atoms with Gasteiger partial charge in [0.15, 0.2) is 5.65 Å². The SMILES string of the molecule is COC(=O)[C@@H](C)Sc1nc(CC(C)C)nc2c1c(=O)n(C)c(=O)n2C. The second kappa shape index (κ2) is 7.38. The minimum absolute atomic E-state index is 0.234. The summed E-state index contributed by atoms with van der Waals surface area (Å²) in [5.74, 6) is 0.422. The van der Waals surface area contributed by atoms with Gasteiger partial charge >= 0.3 is 11.7 Å². The first kappa shape index (κ1) is 19.2. The van der Waals surface area contributed by atoms with Crippen LogP contribution in [0, 0.1) is 5.92 Å². The van der Waals surface area contributed by atoms with Crippen molar-refractivity contribution in [1.82, 2.24) is 19.1 Å². The normalized spacial score (nSPS) is 12.6. The van der Waals surface area contributed by atoms with Crippen molar-refractivity contribution in [2.45, 2.75) is 37.5 Å². The van der Waals surface area contributed by atoms with Crippen LogP contribution >= 0.6 is 11.8 Å². The Bertz CT molecular complexity index is 932. The molecule has 0 N–H and O–H groups in total. The zero-order chi connectivity index (χ0) is 18.9. The molecule has 0 saturated heterocycles. The Morgan fingerprint density at radius 3 is 2.36 bits per heavy atom. The van der Waals surface area contributed by atoms with Crippen LogP contribution in [-0.4, -0.2) is 37.4 Å². The average molecular weight is 366 g/mol. The molecule has 2 aromatic heterocycles. The number of fused-ring (bicyclic) bond motifs is 1. The number of ether oxygens (including phenoxy) is 1. The standard InChI is InChI=1S/C16H22N4O4S/c1-8(2)7-10-17-12-11(14(21)20(5)16(23)19(12)4)13(18-10)25-9(3)15(22)24-6/h8-9H,7H2,1-6H3/t9-/m1/s1. The van der Waals surface area contributed by atoms with Gasteiger partial charge in [-0.3, -0.25) is 18.7 Å². The summed E-state index contributed by atoms with van der Waals surface area (Å²) >= 11 is 1.13. The van der Waals surface area contributed by atoms with Crippen molar-refractivity contribution in [3.63, 3.8) is 0 Å². The van der Waals surface area contributed by atoms with Crippen molar-refractivity contribution < 1.29 is 9.53 Å². The van der Waals surface area contributed by atoms with Gasteiger partial charge in [0, 0.05) is 20.5 Å². The molecule has 0 spiro atoms. The Morgan fingerprint density at radius 2 is 1.80 bits per heavy atom. The van der Waals surface area contributed by atoms with Gasteiger partial charge in [-0.05, 0) is 12.8 Å². The summed E-state index contributed by atoms with van der Waals surface area (Å²) in [5, 5.41) is 0.0737. The van der Waals surface area contributed by atoms with E-state index in [1.807, 2.05) is 13.8 Å². The molecule has 0 saturated carbocycles. The zero-order valence-electron chi connectivity index (χ0n) is 15.2. The van der Waals surface area contributed by atoms with Gasteiger partial charge in [0.25, 0.3) is 5.56 Å². The number of methoxy groups -OCH3 is 1. The zero-order valence-corrected chi connectivity index (χ0v) is 16.0. The second-order valence-electron chi connectivity index (χ2n) is 6.23. The minimum atomic E-state index is -0.544. The van der Waals surface area contributed by atoms with Crippen molar-refractivity contribution in [2.24, 2.45) is 20.0 Å². The van der Waals surface area contributed by atoms with Gasteiger partial charge < -0.3 is 4.74 Å². The molecule has 0 radical (unpaired) electrons. The van der Waals surface area contributed by atoms with Crippen molar-refractivity contribution in [1.29, 1.82) is 0 Å². The first-order valence-electron chi connectivity index (χ1n) is 7.88. The Labute approximate surface area is 149 Å². The quantitative estimate of drug-likeness (QED) is 0.440. The van der Waals surface area contributed by atoms with E-state index < -0.39 is 22.5 Å². The van der Waals surface area contributed by atoms with E-state index >= 15 is 0 Å². The van der Waals surface area contributed by atoms with Crippen LogP contribution in [0.15, 0.2) is 14.6 Å². The van der Waals surface area contributed by atoms with Gasteiger partial charge in [-0.2, -0.15) is 0 Å². The molecule has 0 unspecified atom stereocenters. The van der Waals surface area contributed by atoms with Crippen LogP contribution in [0.1, 0.15) is 26.6 Å². The summed E-state index contributed by atoms with van der Waals surface area (Å²) in [5.41, 5.74) is -0.657. The van der Waals surface area contributed by atoms with E-state index in [4.69, 9.17) is 4.74 Å². The van der Waals surface area contributed by atoms with E-state index in [1.165, 1.54) is 18.7 Å². The molecule has 2 heterocycles. The third-order valence-corrected chi connectivity index (χ3v) is 4.79. The fourth-order valence-electron chi connectivity index (χ4n) is 2.40. The summed E-state index contributed by atoms with van der Waals surface area (Å²) in [4.78, 5) is 45.5. The summed E-state index contributed by atoms with van der Waals surface area (Å²) < 4.78 is 7.09. The van der Waals surface area contributed by atoms with Crippen LogP contribution in [0.25, 0.3) is 11.0 Å². The molecule has 2 aromatic rings. The molecule has 25 heavy (non-hydrogen) atoms. The number of thioether (sulfide) groups is 1. The number of carbonyl (C=O) groups excluding carboxylic acids is 1. The number of rotatable bonds is 5. The van der Waals surface area contributed by atoms with Gasteiger partial charge in [-0.25, -0.2) is 14.8 Å². The van der Waals surface area contributed by atoms with Crippen LogP contribution in [-0.2, 0) is 30.0 Å². The second-order valence-corrected chi connectivity index (χ2v) is 7.56. The average Bonchev–Trinajstić information content (AvgIpc) is 2.56. The fraction of sp³-hybridized carbons (Fsp3) is 0.562. The summed E-state index contributed by atoms with van der Waals surface area (Å²) in [6.45, 7) is 5.74. The first-order valence-corrected chi connectivity index (χ1v) is 8.76.